The molecule has 0 atom stereocenters. The van der Waals surface area contributed by atoms with Crippen LogP contribution in [0.3, 0.4) is 0 Å². The van der Waals surface area contributed by atoms with Crippen molar-refractivity contribution in [3.63, 3.8) is 0 Å². The summed E-state index contributed by atoms with van der Waals surface area (Å²) >= 11 is 0. The van der Waals surface area contributed by atoms with E-state index < -0.39 is 0 Å². The van der Waals surface area contributed by atoms with Gasteiger partial charge in [-0.15, -0.1) is 0 Å². The van der Waals surface area contributed by atoms with Gasteiger partial charge in [-0.25, -0.2) is 0 Å². The molecule has 0 fully saturated rings. The summed E-state index contributed by atoms with van der Waals surface area (Å²) in [4.78, 5) is 0. The molecule has 3 aromatic heterocycles. The van der Waals surface area contributed by atoms with Gasteiger partial charge >= 0.3 is 6.85 Å². The van der Waals surface area contributed by atoms with Crippen molar-refractivity contribution < 1.29 is 4.42 Å². The number of aryl methyl sites for hydroxylation is 1. The smallest absolute Gasteiger partial charge is 0.336 e. The summed E-state index contributed by atoms with van der Waals surface area (Å²) in [5, 5.41) is 5.02. The third-order valence-corrected chi connectivity index (χ3v) is 10.5. The Labute approximate surface area is 242 Å². The molecule has 11 rings (SSSR count). The molecule has 8 aromatic rings. The van der Waals surface area contributed by atoms with Gasteiger partial charge in [-0.3, -0.25) is 0 Å². The van der Waals surface area contributed by atoms with E-state index in [-0.39, 0.29) is 12.3 Å². The molecule has 5 heterocycles. The van der Waals surface area contributed by atoms with Crippen LogP contribution >= 0.6 is 0 Å². The van der Waals surface area contributed by atoms with Crippen molar-refractivity contribution in [2.75, 3.05) is 0 Å². The first kappa shape index (κ1) is 21.7. The highest BCUT2D eigenvalue weighted by Crippen LogP contribution is 2.54. The highest BCUT2D eigenvalue weighted by molar-refractivity contribution is 6.90. The fraction of sp³-hybridized carbons (Fsp3) is 0.105. The van der Waals surface area contributed by atoms with Gasteiger partial charge in [-0.05, 0) is 52.2 Å². The van der Waals surface area contributed by atoms with Crippen LogP contribution in [0.2, 0.25) is 0 Å². The monoisotopic (exact) mass is 536 g/mol. The number of hydrogen-bond donors (Lipinski definition) is 0. The Morgan fingerprint density at radius 1 is 0.714 bits per heavy atom. The number of aromatic nitrogens is 2. The van der Waals surface area contributed by atoms with Gasteiger partial charge in [0.05, 0.1) is 10.9 Å². The van der Waals surface area contributed by atoms with Gasteiger partial charge in [0.2, 0.25) is 0 Å². The standard InChI is InChI=1S/C38H25BN2O/c1-20-18-26-21-12-8-13-25-32-23-11-5-7-17-30(23)42-37(32)41(34(21)25)39-28-16-9-14-24-31-22-10-4-6-15-27(22)38(2,3)36(31)40(35(24)28)29(19-20)33(26)39/h4-19H,1-3H3. The van der Waals surface area contributed by atoms with Crippen LogP contribution in [0.15, 0.2) is 101 Å². The van der Waals surface area contributed by atoms with Gasteiger partial charge in [-0.1, -0.05) is 98.8 Å². The van der Waals surface area contributed by atoms with Crippen molar-refractivity contribution in [1.29, 1.82) is 0 Å². The van der Waals surface area contributed by atoms with Crippen molar-refractivity contribution >= 4 is 61.6 Å². The van der Waals surface area contributed by atoms with Gasteiger partial charge in [0.1, 0.15) is 5.58 Å². The third-order valence-electron chi connectivity index (χ3n) is 10.5. The normalized spacial score (nSPS) is 15.2. The number of rotatable bonds is 0. The molecule has 4 heteroatoms. The summed E-state index contributed by atoms with van der Waals surface area (Å²) in [6.45, 7) is 7.07. The molecule has 2 aliphatic heterocycles. The van der Waals surface area contributed by atoms with Crippen molar-refractivity contribution in [1.82, 2.24) is 9.05 Å². The summed E-state index contributed by atoms with van der Waals surface area (Å²) in [6, 6.07) is 36.1. The molecule has 0 saturated carbocycles. The molecule has 1 aliphatic carbocycles. The highest BCUT2D eigenvalue weighted by atomic mass is 16.3. The predicted octanol–water partition coefficient (Wildman–Crippen LogP) is 8.05. The average molecular weight is 536 g/mol. The van der Waals surface area contributed by atoms with Crippen LogP contribution in [-0.4, -0.2) is 15.9 Å². The second kappa shape index (κ2) is 6.74. The Morgan fingerprint density at radius 2 is 1.48 bits per heavy atom. The van der Waals surface area contributed by atoms with E-state index in [2.05, 4.69) is 127 Å². The second-order valence-corrected chi connectivity index (χ2v) is 13.0. The predicted molar refractivity (Wildman–Crippen MR) is 174 cm³/mol. The van der Waals surface area contributed by atoms with E-state index in [1.54, 1.807) is 0 Å². The maximum Gasteiger partial charge on any atom is 0.336 e. The lowest BCUT2D eigenvalue weighted by atomic mass is 9.45. The number of benzene rings is 5. The van der Waals surface area contributed by atoms with Gasteiger partial charge in [0.25, 0.3) is 0 Å². The fourth-order valence-electron chi connectivity index (χ4n) is 8.99. The lowest BCUT2D eigenvalue weighted by Gasteiger charge is -2.35. The third kappa shape index (κ3) is 2.16. The van der Waals surface area contributed by atoms with Gasteiger partial charge < -0.3 is 13.5 Å². The molecule has 42 heavy (non-hydrogen) atoms. The number of furan rings is 1. The molecule has 5 aromatic carbocycles. The molecule has 196 valence electrons. The Morgan fingerprint density at radius 3 is 2.40 bits per heavy atom. The first-order valence-electron chi connectivity index (χ1n) is 14.9. The van der Waals surface area contributed by atoms with Gasteiger partial charge in [-0.2, -0.15) is 0 Å². The van der Waals surface area contributed by atoms with Gasteiger partial charge in [0.15, 0.2) is 5.71 Å². The minimum absolute atomic E-state index is 0.0237. The van der Waals surface area contributed by atoms with Crippen LogP contribution in [0.4, 0.5) is 0 Å². The van der Waals surface area contributed by atoms with E-state index in [1.165, 1.54) is 88.3 Å². The van der Waals surface area contributed by atoms with Crippen molar-refractivity contribution in [2.24, 2.45) is 0 Å². The Hall–Kier alpha value is -4.96. The molecular weight excluding hydrogens is 511 g/mol. The number of hydrogen-bond acceptors (Lipinski definition) is 1. The number of fused-ring (bicyclic) bond motifs is 14. The molecule has 3 nitrogen and oxygen atoms in total. The zero-order valence-corrected chi connectivity index (χ0v) is 23.6. The Kier molecular flexibility index (Phi) is 3.49. The van der Waals surface area contributed by atoms with Crippen LogP contribution in [0, 0.1) is 6.92 Å². The maximum atomic E-state index is 6.76. The van der Waals surface area contributed by atoms with Crippen molar-refractivity contribution in [3.05, 3.63) is 114 Å². The maximum absolute atomic E-state index is 6.76. The van der Waals surface area contributed by atoms with Gasteiger partial charge in [0, 0.05) is 49.6 Å². The van der Waals surface area contributed by atoms with Crippen LogP contribution in [0.25, 0.3) is 71.8 Å². The lowest BCUT2D eigenvalue weighted by Crippen LogP contribution is -2.55. The van der Waals surface area contributed by atoms with Crippen molar-refractivity contribution in [3.8, 4) is 27.9 Å². The molecule has 0 bridgehead atoms. The Bertz CT molecular complexity index is 2570. The van der Waals surface area contributed by atoms with Crippen LogP contribution in [0.5, 0.6) is 0 Å². The Balaban J connectivity index is 1.39. The summed E-state index contributed by atoms with van der Waals surface area (Å²) in [5.74, 6) is 0. The molecule has 0 radical (unpaired) electrons. The molecule has 0 N–H and O–H groups in total. The molecule has 3 aliphatic rings. The van der Waals surface area contributed by atoms with Crippen LogP contribution in [-0.2, 0) is 5.41 Å². The molecule has 0 amide bonds. The number of nitrogens with zero attached hydrogens (tertiary/aromatic N) is 2. The molecule has 0 unspecified atom stereocenters. The zero-order valence-electron chi connectivity index (χ0n) is 23.6. The largest absolute Gasteiger partial charge is 0.441 e. The van der Waals surface area contributed by atoms with E-state index in [1.807, 2.05) is 0 Å². The SMILES string of the molecule is Cc1cc2c3c(c1)-n1c4c(c5cccc(c51)B3n1c3oc5ccccc5c3c3cccc-2c31)-c1ccccc1C4(C)C. The van der Waals surface area contributed by atoms with E-state index >= 15 is 0 Å². The molecule has 0 saturated heterocycles. The lowest BCUT2D eigenvalue weighted by molar-refractivity contribution is 0.624. The first-order valence-corrected chi connectivity index (χ1v) is 14.9. The van der Waals surface area contributed by atoms with E-state index in [0.717, 1.165) is 11.3 Å². The minimum Gasteiger partial charge on any atom is -0.441 e. The van der Waals surface area contributed by atoms with E-state index in [9.17, 15) is 0 Å². The minimum atomic E-state index is -0.120. The van der Waals surface area contributed by atoms with Crippen molar-refractivity contribution in [2.45, 2.75) is 26.2 Å². The van der Waals surface area contributed by atoms with E-state index in [4.69, 9.17) is 4.42 Å². The summed E-state index contributed by atoms with van der Waals surface area (Å²) in [7, 11) is 0. The number of para-hydroxylation sites is 3. The quantitative estimate of drug-likeness (QED) is 0.180. The van der Waals surface area contributed by atoms with Crippen LogP contribution in [0.1, 0.15) is 30.7 Å². The zero-order chi connectivity index (χ0) is 27.6. The first-order chi connectivity index (χ1) is 20.5. The average Bonchev–Trinajstić information content (AvgIpc) is 3.71. The topological polar surface area (TPSA) is 23.0 Å². The van der Waals surface area contributed by atoms with Crippen LogP contribution < -0.4 is 10.9 Å². The van der Waals surface area contributed by atoms with E-state index in [0.29, 0.717) is 0 Å². The molecular formula is C38H25BN2O. The fourth-order valence-corrected chi connectivity index (χ4v) is 8.99. The highest BCUT2D eigenvalue weighted by Gasteiger charge is 2.47. The summed E-state index contributed by atoms with van der Waals surface area (Å²) in [5.41, 5.74) is 18.0. The second-order valence-electron chi connectivity index (χ2n) is 13.0. The molecule has 0 spiro atoms. The summed E-state index contributed by atoms with van der Waals surface area (Å²) in [6.07, 6.45) is 0. The summed E-state index contributed by atoms with van der Waals surface area (Å²) < 4.78 is 11.9.